The van der Waals surface area contributed by atoms with Gasteiger partial charge in [0.1, 0.15) is 0 Å². The molecule has 25 heavy (non-hydrogen) atoms. The largest absolute Gasteiger partial charge is 0.483 e. The molecule has 0 spiro atoms. The summed E-state index contributed by atoms with van der Waals surface area (Å²) < 4.78 is 0. The summed E-state index contributed by atoms with van der Waals surface area (Å²) in [6, 6.07) is 8.97. The van der Waals surface area contributed by atoms with Gasteiger partial charge in [0.05, 0.1) is 6.20 Å². The first-order valence-electron chi connectivity index (χ1n) is 8.38. The van der Waals surface area contributed by atoms with Crippen LogP contribution in [0, 0.1) is 0 Å². The molecule has 7 heteroatoms. The van der Waals surface area contributed by atoms with E-state index < -0.39 is 0 Å². The number of aromatic amines is 1. The summed E-state index contributed by atoms with van der Waals surface area (Å²) in [7, 11) is 0. The molecule has 0 amide bonds. The van der Waals surface area contributed by atoms with Crippen molar-refractivity contribution in [2.45, 2.75) is 17.9 Å². The third-order valence-corrected chi connectivity index (χ3v) is 5.05. The van der Waals surface area contributed by atoms with E-state index in [2.05, 4.69) is 50.5 Å². The average Bonchev–Trinajstić information content (AvgIpc) is 3.16. The molecule has 0 aliphatic carbocycles. The fourth-order valence-electron chi connectivity index (χ4n) is 2.86. The summed E-state index contributed by atoms with van der Waals surface area (Å²) in [6.07, 6.45) is 7.13. The number of thioether (sulfide) groups is 1. The van der Waals surface area contributed by atoms with Crippen molar-refractivity contribution in [3.05, 3.63) is 47.8 Å². The minimum Gasteiger partial charge on any atom is -0.483 e. The molecule has 0 bridgehead atoms. The van der Waals surface area contributed by atoms with E-state index in [1.807, 2.05) is 12.4 Å². The van der Waals surface area contributed by atoms with Crippen LogP contribution in [0.15, 0.2) is 41.6 Å². The van der Waals surface area contributed by atoms with Gasteiger partial charge in [-0.05, 0) is 35.9 Å². The molecule has 0 atom stereocenters. The van der Waals surface area contributed by atoms with E-state index in [-0.39, 0.29) is 6.47 Å². The van der Waals surface area contributed by atoms with Crippen molar-refractivity contribution in [2.24, 2.45) is 0 Å². The second kappa shape index (κ2) is 10.9. The minimum absolute atomic E-state index is 0.250. The van der Waals surface area contributed by atoms with Crippen LogP contribution in [0.5, 0.6) is 0 Å². The summed E-state index contributed by atoms with van der Waals surface area (Å²) >= 11 is 1.80. The Morgan fingerprint density at radius 1 is 1.16 bits per heavy atom. The standard InChI is InChI=1S/C17H24N4S.CH2O2/c1-22-17-4-2-15(3-5-17)14-21-10-8-20(9-11-21)7-6-16-12-18-19-13-16;2-1-3/h2-5,12-13H,6-11,14H2,1H3,(H,18,19);1H,(H,2,3). The van der Waals surface area contributed by atoms with Crippen LogP contribution in [0.1, 0.15) is 11.1 Å². The summed E-state index contributed by atoms with van der Waals surface area (Å²) in [5, 5.41) is 13.8. The smallest absolute Gasteiger partial charge is 0.290 e. The van der Waals surface area contributed by atoms with Crippen molar-refractivity contribution in [3.63, 3.8) is 0 Å². The first-order chi connectivity index (χ1) is 12.2. The lowest BCUT2D eigenvalue weighted by molar-refractivity contribution is -0.122. The van der Waals surface area contributed by atoms with Crippen molar-refractivity contribution < 1.29 is 9.90 Å². The highest BCUT2D eigenvalue weighted by atomic mass is 32.2. The monoisotopic (exact) mass is 362 g/mol. The van der Waals surface area contributed by atoms with Gasteiger partial charge in [-0.15, -0.1) is 11.8 Å². The van der Waals surface area contributed by atoms with Gasteiger partial charge in [0.25, 0.3) is 6.47 Å². The SMILES string of the molecule is CSc1ccc(CN2CCN(CCc3cn[nH]c3)CC2)cc1.O=CO. The lowest BCUT2D eigenvalue weighted by Gasteiger charge is -2.34. The molecule has 3 rings (SSSR count). The number of carboxylic acid groups (broad SMARTS) is 1. The van der Waals surface area contributed by atoms with Crippen molar-refractivity contribution in [1.82, 2.24) is 20.0 Å². The van der Waals surface area contributed by atoms with E-state index in [1.54, 1.807) is 11.8 Å². The Bertz CT molecular complexity index is 596. The van der Waals surface area contributed by atoms with Crippen LogP contribution in [-0.4, -0.2) is 70.6 Å². The molecular weight excluding hydrogens is 336 g/mol. The third-order valence-electron chi connectivity index (χ3n) is 4.30. The Kier molecular flexibility index (Phi) is 8.51. The maximum atomic E-state index is 8.36. The maximum absolute atomic E-state index is 8.36. The van der Waals surface area contributed by atoms with Crippen LogP contribution >= 0.6 is 11.8 Å². The van der Waals surface area contributed by atoms with Gasteiger partial charge in [-0.1, -0.05) is 12.1 Å². The van der Waals surface area contributed by atoms with Gasteiger partial charge in [0, 0.05) is 50.4 Å². The molecule has 1 aromatic heterocycles. The highest BCUT2D eigenvalue weighted by Crippen LogP contribution is 2.16. The molecule has 0 saturated carbocycles. The number of aromatic nitrogens is 2. The number of nitrogens with one attached hydrogen (secondary N) is 1. The summed E-state index contributed by atoms with van der Waals surface area (Å²) in [5.41, 5.74) is 2.72. The number of H-pyrrole nitrogens is 1. The van der Waals surface area contributed by atoms with Crippen LogP contribution in [0.3, 0.4) is 0 Å². The van der Waals surface area contributed by atoms with E-state index in [0.29, 0.717) is 0 Å². The Labute approximate surface area is 153 Å². The van der Waals surface area contributed by atoms with Crippen LogP contribution in [0.25, 0.3) is 0 Å². The minimum atomic E-state index is -0.250. The van der Waals surface area contributed by atoms with Crippen LogP contribution in [-0.2, 0) is 17.8 Å². The number of hydrogen-bond acceptors (Lipinski definition) is 5. The highest BCUT2D eigenvalue weighted by Gasteiger charge is 2.16. The molecule has 6 nitrogen and oxygen atoms in total. The quantitative estimate of drug-likeness (QED) is 0.606. The number of benzene rings is 1. The van der Waals surface area contributed by atoms with E-state index in [4.69, 9.17) is 9.90 Å². The third kappa shape index (κ3) is 6.89. The van der Waals surface area contributed by atoms with Crippen LogP contribution < -0.4 is 0 Å². The summed E-state index contributed by atoms with van der Waals surface area (Å²) in [6.45, 7) is 6.62. The molecule has 2 heterocycles. The van der Waals surface area contributed by atoms with Crippen molar-refractivity contribution >= 4 is 18.2 Å². The number of nitrogens with zero attached hydrogens (tertiary/aromatic N) is 3. The summed E-state index contributed by atoms with van der Waals surface area (Å²) in [5.74, 6) is 0. The fraction of sp³-hybridized carbons (Fsp3) is 0.444. The first-order valence-corrected chi connectivity index (χ1v) is 9.60. The van der Waals surface area contributed by atoms with Crippen molar-refractivity contribution in [3.8, 4) is 0 Å². The molecule has 0 unspecified atom stereocenters. The lowest BCUT2D eigenvalue weighted by Crippen LogP contribution is -2.46. The predicted molar refractivity (Wildman–Crippen MR) is 101 cm³/mol. The Balaban J connectivity index is 0.000000701. The molecule has 0 radical (unpaired) electrons. The number of rotatable bonds is 6. The first kappa shape index (κ1) is 19.5. The highest BCUT2D eigenvalue weighted by molar-refractivity contribution is 7.98. The van der Waals surface area contributed by atoms with Crippen LogP contribution in [0.2, 0.25) is 0 Å². The average molecular weight is 362 g/mol. The molecule has 1 aromatic carbocycles. The lowest BCUT2D eigenvalue weighted by atomic mass is 10.2. The fourth-order valence-corrected chi connectivity index (χ4v) is 3.27. The Hall–Kier alpha value is -1.83. The number of hydrogen-bond donors (Lipinski definition) is 2. The van der Waals surface area contributed by atoms with E-state index in [1.165, 1.54) is 29.1 Å². The zero-order valence-electron chi connectivity index (χ0n) is 14.6. The Morgan fingerprint density at radius 2 is 1.80 bits per heavy atom. The number of piperazine rings is 1. The van der Waals surface area contributed by atoms with Gasteiger partial charge < -0.3 is 10.0 Å². The van der Waals surface area contributed by atoms with Gasteiger partial charge >= 0.3 is 0 Å². The topological polar surface area (TPSA) is 72.5 Å². The van der Waals surface area contributed by atoms with E-state index >= 15 is 0 Å². The van der Waals surface area contributed by atoms with Crippen molar-refractivity contribution in [2.75, 3.05) is 39.0 Å². The normalized spacial score (nSPS) is 15.4. The molecular formula is C18H26N4O2S. The molecule has 1 fully saturated rings. The zero-order valence-corrected chi connectivity index (χ0v) is 15.4. The molecule has 1 aliphatic heterocycles. The number of carbonyl (C=O) groups is 1. The van der Waals surface area contributed by atoms with Crippen LogP contribution in [0.4, 0.5) is 0 Å². The Morgan fingerprint density at radius 3 is 2.36 bits per heavy atom. The second-order valence-corrected chi connectivity index (χ2v) is 6.81. The zero-order chi connectivity index (χ0) is 17.9. The molecule has 1 saturated heterocycles. The van der Waals surface area contributed by atoms with Gasteiger partial charge in [0.15, 0.2) is 0 Å². The van der Waals surface area contributed by atoms with Gasteiger partial charge in [0.2, 0.25) is 0 Å². The summed E-state index contributed by atoms with van der Waals surface area (Å²) in [4.78, 5) is 14.8. The molecule has 1 aliphatic rings. The van der Waals surface area contributed by atoms with E-state index in [9.17, 15) is 0 Å². The molecule has 2 aromatic rings. The predicted octanol–water partition coefficient (Wildman–Crippen LogP) is 2.19. The molecule has 2 N–H and O–H groups in total. The second-order valence-electron chi connectivity index (χ2n) is 5.93. The van der Waals surface area contributed by atoms with Gasteiger partial charge in [-0.25, -0.2) is 0 Å². The van der Waals surface area contributed by atoms with Crippen molar-refractivity contribution in [1.29, 1.82) is 0 Å². The maximum Gasteiger partial charge on any atom is 0.290 e. The van der Waals surface area contributed by atoms with E-state index in [0.717, 1.165) is 32.6 Å². The molecule has 136 valence electrons. The van der Waals surface area contributed by atoms with Gasteiger partial charge in [-0.2, -0.15) is 5.10 Å². The van der Waals surface area contributed by atoms with Gasteiger partial charge in [-0.3, -0.25) is 14.8 Å².